The van der Waals surface area contributed by atoms with Gasteiger partial charge in [-0.2, -0.15) is 0 Å². The Balaban J connectivity index is 2.15. The molecular formula is C11H16N2O2. The molecule has 2 heterocycles. The molecule has 1 saturated heterocycles. The van der Waals surface area contributed by atoms with Crippen molar-refractivity contribution < 1.29 is 9.21 Å². The van der Waals surface area contributed by atoms with E-state index in [0.717, 1.165) is 18.8 Å². The fourth-order valence-electron chi connectivity index (χ4n) is 1.75. The van der Waals surface area contributed by atoms with E-state index in [0.29, 0.717) is 17.4 Å². The predicted octanol–water partition coefficient (Wildman–Crippen LogP) is 0.940. The van der Waals surface area contributed by atoms with Gasteiger partial charge in [-0.1, -0.05) is 0 Å². The minimum atomic E-state index is 0.0517. The second-order valence-corrected chi connectivity index (χ2v) is 4.06. The molecule has 0 radical (unpaired) electrons. The van der Waals surface area contributed by atoms with Gasteiger partial charge >= 0.3 is 0 Å². The first-order valence-electron chi connectivity index (χ1n) is 5.14. The summed E-state index contributed by atoms with van der Waals surface area (Å²) in [5.41, 5.74) is 0.682. The van der Waals surface area contributed by atoms with Gasteiger partial charge in [0.1, 0.15) is 11.5 Å². The second kappa shape index (κ2) is 3.70. The van der Waals surface area contributed by atoms with E-state index in [9.17, 15) is 4.79 Å². The van der Waals surface area contributed by atoms with Crippen molar-refractivity contribution in [3.63, 3.8) is 0 Å². The van der Waals surface area contributed by atoms with Gasteiger partial charge in [0.15, 0.2) is 0 Å². The molecule has 0 atom stereocenters. The minimum absolute atomic E-state index is 0.0517. The highest BCUT2D eigenvalue weighted by Crippen LogP contribution is 2.17. The van der Waals surface area contributed by atoms with E-state index >= 15 is 0 Å². The second-order valence-electron chi connectivity index (χ2n) is 4.06. The van der Waals surface area contributed by atoms with E-state index in [1.165, 1.54) is 0 Å². The van der Waals surface area contributed by atoms with Crippen LogP contribution in [0.5, 0.6) is 0 Å². The van der Waals surface area contributed by atoms with Crippen LogP contribution in [0.15, 0.2) is 10.5 Å². The fourth-order valence-corrected chi connectivity index (χ4v) is 1.75. The largest absolute Gasteiger partial charge is 0.466 e. The summed E-state index contributed by atoms with van der Waals surface area (Å²) < 4.78 is 5.35. The maximum absolute atomic E-state index is 12.1. The van der Waals surface area contributed by atoms with Crippen LogP contribution in [-0.2, 0) is 0 Å². The van der Waals surface area contributed by atoms with Crippen molar-refractivity contribution >= 4 is 5.91 Å². The number of rotatable bonds is 2. The standard InChI is InChI=1S/C11H16N2O2/c1-7-4-10(8(2)15-7)11(14)13(3)9-5-12-6-9/h4,9,12H,5-6H2,1-3H3. The molecule has 1 fully saturated rings. The Morgan fingerprint density at radius 1 is 1.53 bits per heavy atom. The summed E-state index contributed by atoms with van der Waals surface area (Å²) in [6, 6.07) is 2.13. The van der Waals surface area contributed by atoms with Crippen molar-refractivity contribution in [3.05, 3.63) is 23.2 Å². The predicted molar refractivity (Wildman–Crippen MR) is 56.9 cm³/mol. The van der Waals surface area contributed by atoms with Crippen molar-refractivity contribution in [2.75, 3.05) is 20.1 Å². The van der Waals surface area contributed by atoms with Crippen LogP contribution < -0.4 is 5.32 Å². The Morgan fingerprint density at radius 2 is 2.20 bits per heavy atom. The molecule has 0 aromatic carbocycles. The number of hydrogen-bond acceptors (Lipinski definition) is 3. The highest BCUT2D eigenvalue weighted by molar-refractivity contribution is 5.95. The molecule has 0 aliphatic carbocycles. The maximum atomic E-state index is 12.1. The monoisotopic (exact) mass is 208 g/mol. The highest BCUT2D eigenvalue weighted by atomic mass is 16.3. The molecular weight excluding hydrogens is 192 g/mol. The van der Waals surface area contributed by atoms with Crippen LogP contribution in [0.4, 0.5) is 0 Å². The number of hydrogen-bond donors (Lipinski definition) is 1. The number of amides is 1. The van der Waals surface area contributed by atoms with Crippen molar-refractivity contribution in [2.45, 2.75) is 19.9 Å². The SMILES string of the molecule is Cc1cc(C(=O)N(C)C2CNC2)c(C)o1. The zero-order valence-electron chi connectivity index (χ0n) is 9.33. The molecule has 1 aliphatic heterocycles. The van der Waals surface area contributed by atoms with Crippen molar-refractivity contribution in [2.24, 2.45) is 0 Å². The molecule has 1 amide bonds. The van der Waals surface area contributed by atoms with Crippen LogP contribution in [0.25, 0.3) is 0 Å². The van der Waals surface area contributed by atoms with Gasteiger partial charge in [-0.25, -0.2) is 0 Å². The lowest BCUT2D eigenvalue weighted by atomic mass is 10.1. The molecule has 0 saturated carbocycles. The van der Waals surface area contributed by atoms with E-state index in [-0.39, 0.29) is 5.91 Å². The summed E-state index contributed by atoms with van der Waals surface area (Å²) in [5, 5.41) is 3.15. The van der Waals surface area contributed by atoms with Gasteiger partial charge in [0, 0.05) is 20.1 Å². The van der Waals surface area contributed by atoms with E-state index in [1.54, 1.807) is 11.0 Å². The zero-order valence-corrected chi connectivity index (χ0v) is 9.33. The molecule has 4 nitrogen and oxygen atoms in total. The lowest BCUT2D eigenvalue weighted by molar-refractivity contribution is 0.0679. The van der Waals surface area contributed by atoms with Gasteiger partial charge in [-0.3, -0.25) is 4.79 Å². The number of carbonyl (C=O) groups excluding carboxylic acids is 1. The smallest absolute Gasteiger partial charge is 0.257 e. The Hall–Kier alpha value is -1.29. The third-order valence-corrected chi connectivity index (χ3v) is 2.90. The maximum Gasteiger partial charge on any atom is 0.257 e. The Morgan fingerprint density at radius 3 is 2.60 bits per heavy atom. The fraction of sp³-hybridized carbons (Fsp3) is 0.545. The van der Waals surface area contributed by atoms with Gasteiger partial charge in [-0.15, -0.1) is 0 Å². The first-order valence-corrected chi connectivity index (χ1v) is 5.14. The normalized spacial score (nSPS) is 16.2. The topological polar surface area (TPSA) is 45.5 Å². The lowest BCUT2D eigenvalue weighted by Gasteiger charge is -2.35. The van der Waals surface area contributed by atoms with Crippen LogP contribution in [-0.4, -0.2) is 37.0 Å². The molecule has 1 aromatic heterocycles. The lowest BCUT2D eigenvalue weighted by Crippen LogP contribution is -2.57. The molecule has 0 bridgehead atoms. The van der Waals surface area contributed by atoms with Gasteiger partial charge < -0.3 is 14.6 Å². The first-order chi connectivity index (χ1) is 7.09. The Labute approximate surface area is 89.2 Å². The quantitative estimate of drug-likeness (QED) is 0.786. The van der Waals surface area contributed by atoms with E-state index in [1.807, 2.05) is 20.9 Å². The molecule has 4 heteroatoms. The molecule has 82 valence electrons. The Kier molecular flexibility index (Phi) is 2.52. The molecule has 2 rings (SSSR count). The van der Waals surface area contributed by atoms with E-state index in [4.69, 9.17) is 4.42 Å². The van der Waals surface area contributed by atoms with Crippen LogP contribution in [0.3, 0.4) is 0 Å². The van der Waals surface area contributed by atoms with E-state index < -0.39 is 0 Å². The molecule has 1 aliphatic rings. The average Bonchev–Trinajstić information content (AvgIpc) is 2.41. The van der Waals surface area contributed by atoms with Gasteiger partial charge in [0.25, 0.3) is 5.91 Å². The highest BCUT2D eigenvalue weighted by Gasteiger charge is 2.27. The number of nitrogens with one attached hydrogen (secondary N) is 1. The molecule has 0 spiro atoms. The summed E-state index contributed by atoms with van der Waals surface area (Å²) >= 11 is 0. The summed E-state index contributed by atoms with van der Waals surface area (Å²) in [4.78, 5) is 13.8. The summed E-state index contributed by atoms with van der Waals surface area (Å²) in [5.74, 6) is 1.54. The average molecular weight is 208 g/mol. The Bertz CT molecular complexity index is 380. The van der Waals surface area contributed by atoms with Crippen molar-refractivity contribution in [3.8, 4) is 0 Å². The molecule has 1 N–H and O–H groups in total. The van der Waals surface area contributed by atoms with E-state index in [2.05, 4.69) is 5.32 Å². The number of carbonyl (C=O) groups is 1. The van der Waals surface area contributed by atoms with Gasteiger partial charge in [-0.05, 0) is 19.9 Å². The third-order valence-electron chi connectivity index (χ3n) is 2.90. The van der Waals surface area contributed by atoms with Gasteiger partial charge in [0.2, 0.25) is 0 Å². The molecule has 1 aromatic rings. The van der Waals surface area contributed by atoms with Crippen LogP contribution >= 0.6 is 0 Å². The number of furan rings is 1. The summed E-state index contributed by atoms with van der Waals surface area (Å²) in [6.07, 6.45) is 0. The van der Waals surface area contributed by atoms with Crippen LogP contribution in [0.2, 0.25) is 0 Å². The van der Waals surface area contributed by atoms with Crippen molar-refractivity contribution in [1.29, 1.82) is 0 Å². The minimum Gasteiger partial charge on any atom is -0.466 e. The summed E-state index contributed by atoms with van der Waals surface area (Å²) in [6.45, 7) is 5.46. The number of likely N-dealkylation sites (N-methyl/N-ethyl adjacent to an activating group) is 1. The third kappa shape index (κ3) is 1.77. The molecule has 15 heavy (non-hydrogen) atoms. The molecule has 0 unspecified atom stereocenters. The van der Waals surface area contributed by atoms with Crippen LogP contribution in [0.1, 0.15) is 21.9 Å². The zero-order chi connectivity index (χ0) is 11.0. The summed E-state index contributed by atoms with van der Waals surface area (Å²) in [7, 11) is 1.84. The number of nitrogens with zero attached hydrogens (tertiary/aromatic N) is 1. The number of aryl methyl sites for hydroxylation is 2. The van der Waals surface area contributed by atoms with Gasteiger partial charge in [0.05, 0.1) is 11.6 Å². The first kappa shape index (κ1) is 10.2. The van der Waals surface area contributed by atoms with Crippen molar-refractivity contribution in [1.82, 2.24) is 10.2 Å². The van der Waals surface area contributed by atoms with Crippen LogP contribution in [0, 0.1) is 13.8 Å².